The third-order valence-electron chi connectivity index (χ3n) is 5.13. The molecule has 1 aromatic carbocycles. The van der Waals surface area contributed by atoms with E-state index in [1.807, 2.05) is 55.0 Å². The highest BCUT2D eigenvalue weighted by molar-refractivity contribution is 5.67. The Morgan fingerprint density at radius 2 is 1.52 bits per heavy atom. The SMILES string of the molecule is c1cncc(C(Cc2cccnc2-c2ccc3c(c2)OCO3)c2cccnc2)c1. The number of aromatic nitrogens is 3. The summed E-state index contributed by atoms with van der Waals surface area (Å²) in [7, 11) is 0. The van der Waals surface area contributed by atoms with Crippen molar-refractivity contribution in [3.63, 3.8) is 0 Å². The number of ether oxygens (including phenoxy) is 2. The molecule has 5 heteroatoms. The fraction of sp³-hybridized carbons (Fsp3) is 0.125. The van der Waals surface area contributed by atoms with Crippen LogP contribution in [0.4, 0.5) is 0 Å². The predicted molar refractivity (Wildman–Crippen MR) is 110 cm³/mol. The molecule has 0 fully saturated rings. The van der Waals surface area contributed by atoms with E-state index in [1.54, 1.807) is 12.4 Å². The minimum absolute atomic E-state index is 0.134. The molecule has 5 rings (SSSR count). The molecule has 0 spiro atoms. The summed E-state index contributed by atoms with van der Waals surface area (Å²) in [6, 6.07) is 18.3. The van der Waals surface area contributed by atoms with Gasteiger partial charge in [0.05, 0.1) is 5.69 Å². The molecule has 0 amide bonds. The monoisotopic (exact) mass is 381 g/mol. The molecule has 4 aromatic rings. The molecule has 142 valence electrons. The molecular formula is C24H19N3O2. The minimum atomic E-state index is 0.134. The summed E-state index contributed by atoms with van der Waals surface area (Å²) in [5, 5.41) is 0. The Balaban J connectivity index is 1.55. The average Bonchev–Trinajstić information content (AvgIpc) is 3.27. The van der Waals surface area contributed by atoms with Gasteiger partial charge in [0.1, 0.15) is 0 Å². The lowest BCUT2D eigenvalue weighted by Gasteiger charge is -2.19. The first-order chi connectivity index (χ1) is 14.4. The maximum absolute atomic E-state index is 5.55. The van der Waals surface area contributed by atoms with Crippen molar-refractivity contribution in [3.8, 4) is 22.8 Å². The maximum atomic E-state index is 5.55. The van der Waals surface area contributed by atoms with Crippen LogP contribution in [0.1, 0.15) is 22.6 Å². The summed E-state index contributed by atoms with van der Waals surface area (Å²) in [5.41, 5.74) is 5.43. The summed E-state index contributed by atoms with van der Waals surface area (Å²) in [6.45, 7) is 0.262. The first-order valence-corrected chi connectivity index (χ1v) is 9.52. The highest BCUT2D eigenvalue weighted by Gasteiger charge is 2.20. The molecule has 1 aliphatic rings. The van der Waals surface area contributed by atoms with Crippen LogP contribution in [0.25, 0.3) is 11.3 Å². The van der Waals surface area contributed by atoms with E-state index < -0.39 is 0 Å². The Morgan fingerprint density at radius 3 is 2.24 bits per heavy atom. The van der Waals surface area contributed by atoms with Gasteiger partial charge in [0.2, 0.25) is 6.79 Å². The van der Waals surface area contributed by atoms with Gasteiger partial charge in [0.25, 0.3) is 0 Å². The summed E-state index contributed by atoms with van der Waals surface area (Å²) in [6.07, 6.45) is 10.1. The van der Waals surface area contributed by atoms with Crippen molar-refractivity contribution in [1.29, 1.82) is 0 Å². The zero-order chi connectivity index (χ0) is 19.5. The van der Waals surface area contributed by atoms with E-state index in [9.17, 15) is 0 Å². The second kappa shape index (κ2) is 7.72. The Bertz CT molecular complexity index is 1080. The van der Waals surface area contributed by atoms with Crippen LogP contribution in [-0.4, -0.2) is 21.7 Å². The number of benzene rings is 1. The van der Waals surface area contributed by atoms with Crippen molar-refractivity contribution in [2.24, 2.45) is 0 Å². The fourth-order valence-electron chi connectivity index (χ4n) is 3.72. The second-order valence-corrected chi connectivity index (χ2v) is 6.91. The molecule has 0 N–H and O–H groups in total. The van der Waals surface area contributed by atoms with E-state index >= 15 is 0 Å². The largest absolute Gasteiger partial charge is 0.454 e. The number of fused-ring (bicyclic) bond motifs is 1. The van der Waals surface area contributed by atoms with Gasteiger partial charge in [-0.2, -0.15) is 0 Å². The number of pyridine rings is 3. The lowest BCUT2D eigenvalue weighted by molar-refractivity contribution is 0.174. The van der Waals surface area contributed by atoms with Crippen LogP contribution in [0.5, 0.6) is 11.5 Å². The number of hydrogen-bond acceptors (Lipinski definition) is 5. The Kier molecular flexibility index (Phi) is 4.62. The molecule has 0 radical (unpaired) electrons. The topological polar surface area (TPSA) is 57.1 Å². The van der Waals surface area contributed by atoms with E-state index in [2.05, 4.69) is 33.2 Å². The van der Waals surface area contributed by atoms with Crippen molar-refractivity contribution in [1.82, 2.24) is 15.0 Å². The van der Waals surface area contributed by atoms with Gasteiger partial charge in [-0.15, -0.1) is 0 Å². The zero-order valence-electron chi connectivity index (χ0n) is 15.7. The minimum Gasteiger partial charge on any atom is -0.454 e. The molecule has 0 saturated carbocycles. The quantitative estimate of drug-likeness (QED) is 0.504. The van der Waals surface area contributed by atoms with E-state index in [-0.39, 0.29) is 12.7 Å². The van der Waals surface area contributed by atoms with Gasteiger partial charge >= 0.3 is 0 Å². The normalized spacial score (nSPS) is 12.3. The fourth-order valence-corrected chi connectivity index (χ4v) is 3.72. The summed E-state index contributed by atoms with van der Waals surface area (Å²) < 4.78 is 11.0. The molecule has 0 atom stereocenters. The average molecular weight is 381 g/mol. The number of hydrogen-bond donors (Lipinski definition) is 0. The van der Waals surface area contributed by atoms with Crippen LogP contribution < -0.4 is 9.47 Å². The van der Waals surface area contributed by atoms with Crippen molar-refractivity contribution in [2.45, 2.75) is 12.3 Å². The van der Waals surface area contributed by atoms with E-state index in [4.69, 9.17) is 9.47 Å². The Hall–Kier alpha value is -3.73. The summed E-state index contributed by atoms with van der Waals surface area (Å²) in [5.74, 6) is 1.67. The molecule has 0 saturated heterocycles. The third-order valence-corrected chi connectivity index (χ3v) is 5.13. The van der Waals surface area contributed by atoms with Crippen LogP contribution in [0.2, 0.25) is 0 Å². The predicted octanol–water partition coefficient (Wildman–Crippen LogP) is 4.64. The lowest BCUT2D eigenvalue weighted by atomic mass is 9.86. The van der Waals surface area contributed by atoms with Gasteiger partial charge in [0.15, 0.2) is 11.5 Å². The third kappa shape index (κ3) is 3.55. The zero-order valence-corrected chi connectivity index (χ0v) is 15.7. The highest BCUT2D eigenvalue weighted by Crippen LogP contribution is 2.37. The van der Waals surface area contributed by atoms with Crippen molar-refractivity contribution < 1.29 is 9.47 Å². The molecular weight excluding hydrogens is 362 g/mol. The van der Waals surface area contributed by atoms with Gasteiger partial charge in [-0.3, -0.25) is 15.0 Å². The van der Waals surface area contributed by atoms with Gasteiger partial charge in [0, 0.05) is 42.5 Å². The standard InChI is InChI=1S/C24H19N3O2/c1-5-19(14-25-9-1)21(20-6-2-10-26-15-20)12-17-4-3-11-27-24(17)18-7-8-22-23(13-18)29-16-28-22/h1-11,13-15,21H,12,16H2. The van der Waals surface area contributed by atoms with Gasteiger partial charge in [-0.05, 0) is 59.5 Å². The molecule has 1 aliphatic heterocycles. The lowest BCUT2D eigenvalue weighted by Crippen LogP contribution is -2.07. The summed E-state index contributed by atoms with van der Waals surface area (Å²) in [4.78, 5) is 13.3. The van der Waals surface area contributed by atoms with E-state index in [1.165, 1.54) is 0 Å². The van der Waals surface area contributed by atoms with Crippen molar-refractivity contribution >= 4 is 0 Å². The van der Waals surface area contributed by atoms with Crippen LogP contribution in [0.3, 0.4) is 0 Å². The maximum Gasteiger partial charge on any atom is 0.231 e. The molecule has 29 heavy (non-hydrogen) atoms. The Morgan fingerprint density at radius 1 is 0.793 bits per heavy atom. The van der Waals surface area contributed by atoms with Crippen molar-refractivity contribution in [3.05, 3.63) is 102 Å². The van der Waals surface area contributed by atoms with Crippen LogP contribution in [-0.2, 0) is 6.42 Å². The number of nitrogens with zero attached hydrogens (tertiary/aromatic N) is 3. The molecule has 5 nitrogen and oxygen atoms in total. The van der Waals surface area contributed by atoms with Crippen LogP contribution in [0.15, 0.2) is 85.6 Å². The molecule has 4 heterocycles. The molecule has 3 aromatic heterocycles. The molecule has 0 bridgehead atoms. The second-order valence-electron chi connectivity index (χ2n) is 6.91. The van der Waals surface area contributed by atoms with E-state index in [0.29, 0.717) is 0 Å². The van der Waals surface area contributed by atoms with Crippen LogP contribution in [0, 0.1) is 0 Å². The first kappa shape index (κ1) is 17.4. The van der Waals surface area contributed by atoms with Crippen molar-refractivity contribution in [2.75, 3.05) is 6.79 Å². The smallest absolute Gasteiger partial charge is 0.231 e. The molecule has 0 unspecified atom stereocenters. The first-order valence-electron chi connectivity index (χ1n) is 9.52. The van der Waals surface area contributed by atoms with Gasteiger partial charge in [-0.25, -0.2) is 0 Å². The van der Waals surface area contributed by atoms with Gasteiger partial charge < -0.3 is 9.47 Å². The Labute approximate surface area is 169 Å². The summed E-state index contributed by atoms with van der Waals surface area (Å²) >= 11 is 0. The van der Waals surface area contributed by atoms with E-state index in [0.717, 1.165) is 45.9 Å². The van der Waals surface area contributed by atoms with Gasteiger partial charge in [-0.1, -0.05) is 18.2 Å². The van der Waals surface area contributed by atoms with Crippen LogP contribution >= 0.6 is 0 Å². The molecule has 0 aliphatic carbocycles. The highest BCUT2D eigenvalue weighted by atomic mass is 16.7. The number of rotatable bonds is 5.